The van der Waals surface area contributed by atoms with Crippen molar-refractivity contribution in [1.82, 2.24) is 15.5 Å². The third-order valence-corrected chi connectivity index (χ3v) is 4.91. The average molecular weight is 472 g/mol. The Kier molecular flexibility index (Phi) is 11.9. The molecule has 0 radical (unpaired) electrons. The first kappa shape index (κ1) is 23.2. The zero-order valence-corrected chi connectivity index (χ0v) is 19.0. The van der Waals surface area contributed by atoms with Crippen LogP contribution in [0.15, 0.2) is 35.3 Å². The highest BCUT2D eigenvalue weighted by atomic mass is 127. The number of hydrogen-bond acceptors (Lipinski definition) is 2. The smallest absolute Gasteiger partial charge is 0.191 e. The van der Waals surface area contributed by atoms with Crippen molar-refractivity contribution in [3.63, 3.8) is 0 Å². The van der Waals surface area contributed by atoms with Crippen LogP contribution in [0.4, 0.5) is 0 Å². The van der Waals surface area contributed by atoms with Crippen LogP contribution in [0.5, 0.6) is 0 Å². The summed E-state index contributed by atoms with van der Waals surface area (Å²) < 4.78 is 0. The van der Waals surface area contributed by atoms with Crippen molar-refractivity contribution in [1.29, 1.82) is 0 Å². The van der Waals surface area contributed by atoms with Gasteiger partial charge in [0.1, 0.15) is 0 Å². The van der Waals surface area contributed by atoms with E-state index >= 15 is 0 Å². The lowest BCUT2D eigenvalue weighted by atomic mass is 9.97. The van der Waals surface area contributed by atoms with Crippen molar-refractivity contribution in [2.75, 3.05) is 32.7 Å². The second-order valence-electron chi connectivity index (χ2n) is 7.33. The minimum absolute atomic E-state index is 0. The molecule has 1 saturated heterocycles. The number of guanidine groups is 1. The molecule has 0 aliphatic carbocycles. The molecule has 0 aromatic heterocycles. The molecule has 4 nitrogen and oxygen atoms in total. The first-order valence-electron chi connectivity index (χ1n) is 9.99. The fraction of sp³-hybridized carbons (Fsp3) is 0.667. The Hall–Kier alpha value is -0.820. The van der Waals surface area contributed by atoms with E-state index in [1.54, 1.807) is 0 Å². The number of aliphatic imine (C=N–C) groups is 1. The van der Waals surface area contributed by atoms with Crippen LogP contribution < -0.4 is 10.6 Å². The number of halogens is 1. The van der Waals surface area contributed by atoms with E-state index in [9.17, 15) is 0 Å². The fourth-order valence-electron chi connectivity index (χ4n) is 3.42. The Morgan fingerprint density at radius 1 is 1.23 bits per heavy atom. The van der Waals surface area contributed by atoms with Crippen molar-refractivity contribution in [2.24, 2.45) is 10.9 Å². The molecule has 2 N–H and O–H groups in total. The zero-order chi connectivity index (χ0) is 17.9. The van der Waals surface area contributed by atoms with Gasteiger partial charge in [-0.15, -0.1) is 24.0 Å². The van der Waals surface area contributed by atoms with Crippen molar-refractivity contribution in [3.8, 4) is 0 Å². The largest absolute Gasteiger partial charge is 0.357 e. The number of likely N-dealkylation sites (tertiary alicyclic amines) is 1. The molecule has 26 heavy (non-hydrogen) atoms. The highest BCUT2D eigenvalue weighted by Crippen LogP contribution is 2.18. The molecular weight excluding hydrogens is 435 g/mol. The first-order chi connectivity index (χ1) is 12.2. The Bertz CT molecular complexity index is 504. The van der Waals surface area contributed by atoms with E-state index in [0.29, 0.717) is 12.0 Å². The predicted octanol–water partition coefficient (Wildman–Crippen LogP) is 3.91. The molecular formula is C21H37IN4. The number of benzene rings is 1. The average Bonchev–Trinajstić information content (AvgIpc) is 2.64. The van der Waals surface area contributed by atoms with E-state index in [4.69, 9.17) is 4.99 Å². The van der Waals surface area contributed by atoms with Gasteiger partial charge in [-0.1, -0.05) is 30.3 Å². The Balaban J connectivity index is 0.00000338. The number of piperidine rings is 1. The van der Waals surface area contributed by atoms with E-state index in [0.717, 1.165) is 38.4 Å². The normalized spacial score (nSPS) is 18.5. The summed E-state index contributed by atoms with van der Waals surface area (Å²) in [5.41, 5.74) is 1.40. The van der Waals surface area contributed by atoms with Crippen LogP contribution >= 0.6 is 24.0 Å². The van der Waals surface area contributed by atoms with E-state index in [1.165, 1.54) is 31.5 Å². The molecule has 1 aromatic carbocycles. The molecule has 1 aliphatic rings. The van der Waals surface area contributed by atoms with Gasteiger partial charge in [-0.05, 0) is 64.5 Å². The maximum absolute atomic E-state index is 4.84. The van der Waals surface area contributed by atoms with E-state index < -0.39 is 0 Å². The number of rotatable bonds is 8. The SMILES string of the molecule is CCNC(=NCC1CCCN(C(C)C)C1)NCCCc1ccccc1.I. The number of aryl methyl sites for hydroxylation is 1. The third kappa shape index (κ3) is 8.71. The topological polar surface area (TPSA) is 39.7 Å². The van der Waals surface area contributed by atoms with Crippen LogP contribution in [-0.2, 0) is 6.42 Å². The first-order valence-corrected chi connectivity index (χ1v) is 9.99. The van der Waals surface area contributed by atoms with Crippen molar-refractivity contribution < 1.29 is 0 Å². The summed E-state index contributed by atoms with van der Waals surface area (Å²) in [7, 11) is 0. The van der Waals surface area contributed by atoms with Gasteiger partial charge in [-0.3, -0.25) is 4.99 Å². The Morgan fingerprint density at radius 2 is 2.00 bits per heavy atom. The maximum atomic E-state index is 4.84. The molecule has 1 fully saturated rings. The lowest BCUT2D eigenvalue weighted by Crippen LogP contribution is -2.42. The van der Waals surface area contributed by atoms with Gasteiger partial charge in [0.05, 0.1) is 0 Å². The van der Waals surface area contributed by atoms with Crippen LogP contribution in [0.3, 0.4) is 0 Å². The molecule has 0 amide bonds. The summed E-state index contributed by atoms with van der Waals surface area (Å²) in [6.45, 7) is 12.0. The number of nitrogens with zero attached hydrogens (tertiary/aromatic N) is 2. The summed E-state index contributed by atoms with van der Waals surface area (Å²) in [6.07, 6.45) is 4.84. The Labute approximate surface area is 177 Å². The molecule has 1 heterocycles. The molecule has 1 aromatic rings. The highest BCUT2D eigenvalue weighted by molar-refractivity contribution is 14.0. The van der Waals surface area contributed by atoms with Gasteiger partial charge in [0, 0.05) is 32.2 Å². The van der Waals surface area contributed by atoms with E-state index in [2.05, 4.69) is 66.6 Å². The molecule has 5 heteroatoms. The second-order valence-corrected chi connectivity index (χ2v) is 7.33. The van der Waals surface area contributed by atoms with Crippen molar-refractivity contribution in [3.05, 3.63) is 35.9 Å². The third-order valence-electron chi connectivity index (χ3n) is 4.91. The molecule has 0 bridgehead atoms. The molecule has 0 spiro atoms. The number of hydrogen-bond donors (Lipinski definition) is 2. The molecule has 2 rings (SSSR count). The van der Waals surface area contributed by atoms with Crippen LogP contribution in [-0.4, -0.2) is 49.6 Å². The van der Waals surface area contributed by atoms with Crippen molar-refractivity contribution >= 4 is 29.9 Å². The van der Waals surface area contributed by atoms with Gasteiger partial charge < -0.3 is 15.5 Å². The second kappa shape index (κ2) is 13.4. The van der Waals surface area contributed by atoms with Gasteiger partial charge in [0.25, 0.3) is 0 Å². The van der Waals surface area contributed by atoms with E-state index in [-0.39, 0.29) is 24.0 Å². The van der Waals surface area contributed by atoms with E-state index in [1.807, 2.05) is 0 Å². The lowest BCUT2D eigenvalue weighted by molar-refractivity contribution is 0.143. The molecule has 0 saturated carbocycles. The quantitative estimate of drug-likeness (QED) is 0.261. The van der Waals surface area contributed by atoms with Gasteiger partial charge in [-0.2, -0.15) is 0 Å². The van der Waals surface area contributed by atoms with Crippen LogP contribution in [0.25, 0.3) is 0 Å². The summed E-state index contributed by atoms with van der Waals surface area (Å²) in [4.78, 5) is 7.43. The van der Waals surface area contributed by atoms with Gasteiger partial charge in [0.2, 0.25) is 0 Å². The number of nitrogens with one attached hydrogen (secondary N) is 2. The van der Waals surface area contributed by atoms with Crippen LogP contribution in [0.2, 0.25) is 0 Å². The summed E-state index contributed by atoms with van der Waals surface area (Å²) in [6, 6.07) is 11.3. The zero-order valence-electron chi connectivity index (χ0n) is 16.7. The standard InChI is InChI=1S/C21H36N4.HI/c1-4-22-21(23-14-8-12-19-10-6-5-7-11-19)24-16-20-13-9-15-25(17-20)18(2)3;/h5-7,10-11,18,20H,4,8-9,12-17H2,1-3H3,(H2,22,23,24);1H. The fourth-order valence-corrected chi connectivity index (χ4v) is 3.42. The van der Waals surface area contributed by atoms with Crippen LogP contribution in [0.1, 0.15) is 45.6 Å². The lowest BCUT2D eigenvalue weighted by Gasteiger charge is -2.34. The molecule has 1 unspecified atom stereocenters. The predicted molar refractivity (Wildman–Crippen MR) is 124 cm³/mol. The minimum Gasteiger partial charge on any atom is -0.357 e. The van der Waals surface area contributed by atoms with Gasteiger partial charge in [-0.25, -0.2) is 0 Å². The monoisotopic (exact) mass is 472 g/mol. The molecule has 148 valence electrons. The highest BCUT2D eigenvalue weighted by Gasteiger charge is 2.21. The molecule has 1 aliphatic heterocycles. The summed E-state index contributed by atoms with van der Waals surface area (Å²) in [5.74, 6) is 1.66. The summed E-state index contributed by atoms with van der Waals surface area (Å²) in [5, 5.41) is 6.87. The minimum atomic E-state index is 0. The maximum Gasteiger partial charge on any atom is 0.191 e. The van der Waals surface area contributed by atoms with Crippen LogP contribution in [0, 0.1) is 5.92 Å². The summed E-state index contributed by atoms with van der Waals surface area (Å²) >= 11 is 0. The van der Waals surface area contributed by atoms with Gasteiger partial charge in [0.15, 0.2) is 5.96 Å². The van der Waals surface area contributed by atoms with Crippen molar-refractivity contribution in [2.45, 2.75) is 52.5 Å². The molecule has 1 atom stereocenters. The van der Waals surface area contributed by atoms with Gasteiger partial charge >= 0.3 is 0 Å². The Morgan fingerprint density at radius 3 is 2.69 bits per heavy atom.